The first kappa shape index (κ1) is 12.8. The smallest absolute Gasteiger partial charge is 0.125 e. The summed E-state index contributed by atoms with van der Waals surface area (Å²) in [6, 6.07) is 6.09. The zero-order chi connectivity index (χ0) is 12.0. The zero-order valence-corrected chi connectivity index (χ0v) is 9.66. The van der Waals surface area contributed by atoms with Crippen molar-refractivity contribution >= 4 is 11.6 Å². The van der Waals surface area contributed by atoms with E-state index in [-0.39, 0.29) is 5.75 Å². The molecule has 0 saturated carbocycles. The van der Waals surface area contributed by atoms with Crippen molar-refractivity contribution in [2.24, 2.45) is 0 Å². The minimum atomic E-state index is -0.589. The third kappa shape index (κ3) is 3.38. The minimum Gasteiger partial charge on any atom is -0.508 e. The number of phenolic OH excluding ortho intramolecular Hbond substituents is 1. The first-order chi connectivity index (χ1) is 7.69. The molecular formula is C11H13ClN2O2. The number of nitriles is 1. The van der Waals surface area contributed by atoms with Crippen LogP contribution in [0.25, 0.3) is 0 Å². The van der Waals surface area contributed by atoms with Crippen LogP contribution in [0.5, 0.6) is 5.75 Å². The number of hydrogen-bond donors (Lipinski definition) is 2. The normalized spacial score (nSPS) is 12.1. The van der Waals surface area contributed by atoms with Gasteiger partial charge in [0.1, 0.15) is 11.8 Å². The molecular weight excluding hydrogens is 228 g/mol. The lowest BCUT2D eigenvalue weighted by Gasteiger charge is -2.13. The Balaban J connectivity index is 2.79. The van der Waals surface area contributed by atoms with Gasteiger partial charge in [-0.05, 0) is 18.2 Å². The second-order valence-electron chi connectivity index (χ2n) is 3.21. The predicted molar refractivity (Wildman–Crippen MR) is 61.3 cm³/mol. The number of aromatic hydroxyl groups is 1. The second-order valence-corrected chi connectivity index (χ2v) is 3.65. The van der Waals surface area contributed by atoms with Crippen LogP contribution in [0.4, 0.5) is 0 Å². The molecule has 1 aromatic carbocycles. The summed E-state index contributed by atoms with van der Waals surface area (Å²) >= 11 is 5.81. The maximum Gasteiger partial charge on any atom is 0.125 e. The summed E-state index contributed by atoms with van der Waals surface area (Å²) in [4.78, 5) is 0. The van der Waals surface area contributed by atoms with Crippen LogP contribution in [0.2, 0.25) is 5.02 Å². The highest BCUT2D eigenvalue weighted by molar-refractivity contribution is 6.30. The van der Waals surface area contributed by atoms with Gasteiger partial charge in [-0.1, -0.05) is 11.6 Å². The third-order valence-corrected chi connectivity index (χ3v) is 2.32. The van der Waals surface area contributed by atoms with Crippen LogP contribution in [-0.2, 0) is 4.74 Å². The van der Waals surface area contributed by atoms with Crippen LogP contribution >= 0.6 is 11.6 Å². The van der Waals surface area contributed by atoms with Crippen LogP contribution in [0, 0.1) is 11.3 Å². The Morgan fingerprint density at radius 2 is 2.38 bits per heavy atom. The third-order valence-electron chi connectivity index (χ3n) is 2.08. The number of methoxy groups -OCH3 is 1. The van der Waals surface area contributed by atoms with Crippen LogP contribution in [0.15, 0.2) is 18.2 Å². The fourth-order valence-electron chi connectivity index (χ4n) is 1.29. The molecule has 1 aromatic rings. The van der Waals surface area contributed by atoms with Crippen molar-refractivity contribution in [3.63, 3.8) is 0 Å². The molecule has 0 aliphatic carbocycles. The number of ether oxygens (including phenoxy) is 1. The molecule has 0 fully saturated rings. The van der Waals surface area contributed by atoms with Crippen molar-refractivity contribution in [3.8, 4) is 11.8 Å². The monoisotopic (exact) mass is 240 g/mol. The molecule has 0 aliphatic heterocycles. The average Bonchev–Trinajstić information content (AvgIpc) is 2.28. The molecule has 86 valence electrons. The number of halogens is 1. The molecule has 0 amide bonds. The lowest BCUT2D eigenvalue weighted by Crippen LogP contribution is -2.24. The summed E-state index contributed by atoms with van der Waals surface area (Å²) in [5.74, 6) is 0.0564. The van der Waals surface area contributed by atoms with E-state index in [4.69, 9.17) is 21.6 Å². The summed E-state index contributed by atoms with van der Waals surface area (Å²) in [6.07, 6.45) is 0. The van der Waals surface area contributed by atoms with E-state index >= 15 is 0 Å². The predicted octanol–water partition coefficient (Wildman–Crippen LogP) is 1.85. The van der Waals surface area contributed by atoms with Gasteiger partial charge in [0, 0.05) is 24.2 Å². The molecule has 0 radical (unpaired) electrons. The summed E-state index contributed by atoms with van der Waals surface area (Å²) in [5, 5.41) is 22.0. The van der Waals surface area contributed by atoms with E-state index in [2.05, 4.69) is 11.4 Å². The van der Waals surface area contributed by atoms with Crippen molar-refractivity contribution in [2.45, 2.75) is 6.04 Å². The van der Waals surface area contributed by atoms with Gasteiger partial charge in [0.25, 0.3) is 0 Å². The first-order valence-electron chi connectivity index (χ1n) is 4.79. The topological polar surface area (TPSA) is 65.3 Å². The van der Waals surface area contributed by atoms with Gasteiger partial charge in [0.2, 0.25) is 0 Å². The van der Waals surface area contributed by atoms with Crippen molar-refractivity contribution < 1.29 is 9.84 Å². The van der Waals surface area contributed by atoms with Crippen molar-refractivity contribution in [3.05, 3.63) is 28.8 Å². The summed E-state index contributed by atoms with van der Waals surface area (Å²) in [5.41, 5.74) is 0.478. The molecule has 5 heteroatoms. The van der Waals surface area contributed by atoms with Gasteiger partial charge in [-0.3, -0.25) is 5.32 Å². The van der Waals surface area contributed by atoms with Gasteiger partial charge in [0.05, 0.1) is 12.7 Å². The molecule has 16 heavy (non-hydrogen) atoms. The number of benzene rings is 1. The molecule has 1 unspecified atom stereocenters. The summed E-state index contributed by atoms with van der Waals surface area (Å²) in [7, 11) is 1.58. The standard InChI is InChI=1S/C11H13ClN2O2/c1-16-5-4-14-10(7-13)9-6-8(12)2-3-11(9)15/h2-3,6,10,14-15H,4-5H2,1H3. The molecule has 1 rings (SSSR count). The Morgan fingerprint density at radius 3 is 3.00 bits per heavy atom. The van der Waals surface area contributed by atoms with Gasteiger partial charge in [0.15, 0.2) is 0 Å². The zero-order valence-electron chi connectivity index (χ0n) is 8.90. The molecule has 1 atom stereocenters. The van der Waals surface area contributed by atoms with Gasteiger partial charge in [-0.25, -0.2) is 0 Å². The van der Waals surface area contributed by atoms with Crippen LogP contribution in [-0.4, -0.2) is 25.4 Å². The number of nitrogens with zero attached hydrogens (tertiary/aromatic N) is 1. The van der Waals surface area contributed by atoms with E-state index < -0.39 is 6.04 Å². The molecule has 2 N–H and O–H groups in total. The van der Waals surface area contributed by atoms with Gasteiger partial charge >= 0.3 is 0 Å². The van der Waals surface area contributed by atoms with Crippen molar-refractivity contribution in [1.29, 1.82) is 5.26 Å². The quantitative estimate of drug-likeness (QED) is 0.771. The molecule has 0 spiro atoms. The Kier molecular flexibility index (Phi) is 5.06. The van der Waals surface area contributed by atoms with E-state index in [1.165, 1.54) is 6.07 Å². The van der Waals surface area contributed by atoms with Crippen LogP contribution in [0.1, 0.15) is 11.6 Å². The molecule has 0 aliphatic rings. The van der Waals surface area contributed by atoms with E-state index in [1.807, 2.05) is 0 Å². The Morgan fingerprint density at radius 1 is 1.62 bits per heavy atom. The lowest BCUT2D eigenvalue weighted by molar-refractivity contribution is 0.197. The fraction of sp³-hybridized carbons (Fsp3) is 0.364. The van der Waals surface area contributed by atoms with E-state index in [0.717, 1.165) is 0 Å². The lowest BCUT2D eigenvalue weighted by atomic mass is 10.1. The molecule has 0 heterocycles. The number of rotatable bonds is 5. The second kappa shape index (κ2) is 6.33. The van der Waals surface area contributed by atoms with E-state index in [9.17, 15) is 5.11 Å². The fourth-order valence-corrected chi connectivity index (χ4v) is 1.47. The van der Waals surface area contributed by atoms with Crippen molar-refractivity contribution in [1.82, 2.24) is 5.32 Å². The summed E-state index contributed by atoms with van der Waals surface area (Å²) < 4.78 is 4.87. The molecule has 0 bridgehead atoms. The SMILES string of the molecule is COCCNC(C#N)c1cc(Cl)ccc1O. The Labute approximate surface area is 99.4 Å². The highest BCUT2D eigenvalue weighted by Crippen LogP contribution is 2.26. The van der Waals surface area contributed by atoms with Crippen LogP contribution in [0.3, 0.4) is 0 Å². The maximum absolute atomic E-state index is 9.61. The van der Waals surface area contributed by atoms with Gasteiger partial charge < -0.3 is 9.84 Å². The minimum absolute atomic E-state index is 0.0564. The molecule has 4 nitrogen and oxygen atoms in total. The first-order valence-corrected chi connectivity index (χ1v) is 5.17. The highest BCUT2D eigenvalue weighted by atomic mass is 35.5. The largest absolute Gasteiger partial charge is 0.508 e. The van der Waals surface area contributed by atoms with E-state index in [0.29, 0.717) is 23.7 Å². The van der Waals surface area contributed by atoms with Crippen LogP contribution < -0.4 is 5.32 Å². The average molecular weight is 241 g/mol. The van der Waals surface area contributed by atoms with Gasteiger partial charge in [-0.15, -0.1) is 0 Å². The summed E-state index contributed by atoms with van der Waals surface area (Å²) in [6.45, 7) is 1.03. The molecule has 0 saturated heterocycles. The van der Waals surface area contributed by atoms with E-state index in [1.54, 1.807) is 19.2 Å². The van der Waals surface area contributed by atoms with Gasteiger partial charge in [-0.2, -0.15) is 5.26 Å². The Hall–Kier alpha value is -1.28. The maximum atomic E-state index is 9.61. The number of hydrogen-bond acceptors (Lipinski definition) is 4. The molecule has 0 aromatic heterocycles. The number of phenols is 1. The highest BCUT2D eigenvalue weighted by Gasteiger charge is 2.14. The Bertz CT molecular complexity index is 390. The number of nitrogens with one attached hydrogen (secondary N) is 1. The van der Waals surface area contributed by atoms with Crippen molar-refractivity contribution in [2.75, 3.05) is 20.3 Å².